The van der Waals surface area contributed by atoms with Crippen LogP contribution < -0.4 is 15.0 Å². The van der Waals surface area contributed by atoms with Crippen LogP contribution in [0.3, 0.4) is 0 Å². The number of hydrogen-bond donors (Lipinski definition) is 1. The largest absolute Gasteiger partial charge is 0.475 e. The number of aromatic nitrogens is 2. The molecular weight excluding hydrogens is 268 g/mol. The van der Waals surface area contributed by atoms with E-state index in [1.165, 1.54) is 12.8 Å². The average Bonchev–Trinajstić information content (AvgIpc) is 3.29. The van der Waals surface area contributed by atoms with E-state index >= 15 is 0 Å². The van der Waals surface area contributed by atoms with Crippen LogP contribution in [0.4, 0.5) is 5.95 Å². The Labute approximate surface area is 125 Å². The molecule has 116 valence electrons. The lowest BCUT2D eigenvalue weighted by atomic mass is 10.2. The van der Waals surface area contributed by atoms with Crippen LogP contribution in [-0.4, -0.2) is 54.5 Å². The molecule has 2 heterocycles. The summed E-state index contributed by atoms with van der Waals surface area (Å²) in [5, 5.41) is 3.56. The van der Waals surface area contributed by atoms with Crippen molar-refractivity contribution in [1.29, 1.82) is 0 Å². The number of morpholine rings is 1. The Morgan fingerprint density at radius 3 is 3.10 bits per heavy atom. The van der Waals surface area contributed by atoms with Crippen LogP contribution in [0.25, 0.3) is 0 Å². The van der Waals surface area contributed by atoms with Gasteiger partial charge in [-0.15, -0.1) is 0 Å². The zero-order valence-electron chi connectivity index (χ0n) is 12.8. The summed E-state index contributed by atoms with van der Waals surface area (Å²) in [5.74, 6) is 1.37. The van der Waals surface area contributed by atoms with Crippen LogP contribution >= 0.6 is 0 Å². The van der Waals surface area contributed by atoms with E-state index in [4.69, 9.17) is 9.47 Å². The predicted molar refractivity (Wildman–Crippen MR) is 80.8 cm³/mol. The first-order valence-corrected chi connectivity index (χ1v) is 7.80. The third-order valence-electron chi connectivity index (χ3n) is 3.68. The van der Waals surface area contributed by atoms with Crippen LogP contribution in [-0.2, 0) is 4.74 Å². The van der Waals surface area contributed by atoms with E-state index in [1.54, 1.807) is 12.3 Å². The Hall–Kier alpha value is -1.40. The van der Waals surface area contributed by atoms with E-state index in [0.29, 0.717) is 11.9 Å². The molecule has 1 N–H and O–H groups in total. The highest BCUT2D eigenvalue weighted by molar-refractivity contribution is 5.34. The highest BCUT2D eigenvalue weighted by Gasteiger charge is 2.28. The Balaban J connectivity index is 1.69. The molecular formula is C15H24N4O2. The lowest BCUT2D eigenvalue weighted by Crippen LogP contribution is -2.51. The first-order valence-electron chi connectivity index (χ1n) is 7.80. The summed E-state index contributed by atoms with van der Waals surface area (Å²) in [6.45, 7) is 7.18. The molecule has 1 aromatic rings. The van der Waals surface area contributed by atoms with Crippen molar-refractivity contribution in [2.45, 2.75) is 44.9 Å². The first kappa shape index (κ1) is 14.5. The topological polar surface area (TPSA) is 59.5 Å². The molecule has 2 aliphatic rings. The molecule has 1 saturated heterocycles. The second-order valence-corrected chi connectivity index (χ2v) is 5.97. The van der Waals surface area contributed by atoms with Gasteiger partial charge >= 0.3 is 0 Å². The standard InChI is InChI=1S/C15H24N4O2/c1-11(2)21-14-5-6-16-15(18-14)19-7-8-20-10-13(19)9-17-12-3-4-12/h5-6,11-13,17H,3-4,7-10H2,1-2H3. The molecule has 2 fully saturated rings. The van der Waals surface area contributed by atoms with Gasteiger partial charge in [0.25, 0.3) is 0 Å². The number of ether oxygens (including phenoxy) is 2. The van der Waals surface area contributed by atoms with E-state index in [9.17, 15) is 0 Å². The minimum atomic E-state index is 0.116. The van der Waals surface area contributed by atoms with Crippen molar-refractivity contribution in [3.05, 3.63) is 12.3 Å². The van der Waals surface area contributed by atoms with Gasteiger partial charge in [0.2, 0.25) is 11.8 Å². The lowest BCUT2D eigenvalue weighted by molar-refractivity contribution is 0.0926. The van der Waals surface area contributed by atoms with Crippen molar-refractivity contribution in [3.63, 3.8) is 0 Å². The second kappa shape index (κ2) is 6.58. The van der Waals surface area contributed by atoms with Crippen molar-refractivity contribution in [2.75, 3.05) is 31.2 Å². The van der Waals surface area contributed by atoms with Crippen LogP contribution in [0.15, 0.2) is 12.3 Å². The van der Waals surface area contributed by atoms with Gasteiger partial charge in [-0.1, -0.05) is 0 Å². The highest BCUT2D eigenvalue weighted by Crippen LogP contribution is 2.21. The molecule has 1 unspecified atom stereocenters. The molecule has 0 radical (unpaired) electrons. The minimum absolute atomic E-state index is 0.116. The highest BCUT2D eigenvalue weighted by atomic mass is 16.5. The van der Waals surface area contributed by atoms with Gasteiger partial charge in [0.05, 0.1) is 25.4 Å². The third kappa shape index (κ3) is 4.04. The molecule has 3 rings (SSSR count). The van der Waals surface area contributed by atoms with Crippen LogP contribution in [0.5, 0.6) is 5.88 Å². The average molecular weight is 292 g/mol. The zero-order chi connectivity index (χ0) is 14.7. The maximum absolute atomic E-state index is 5.66. The molecule has 0 amide bonds. The van der Waals surface area contributed by atoms with Gasteiger partial charge in [-0.3, -0.25) is 0 Å². The molecule has 0 spiro atoms. The first-order chi connectivity index (χ1) is 10.2. The van der Waals surface area contributed by atoms with E-state index in [1.807, 2.05) is 13.8 Å². The van der Waals surface area contributed by atoms with Gasteiger partial charge < -0.3 is 19.7 Å². The molecule has 1 aromatic heterocycles. The van der Waals surface area contributed by atoms with Crippen molar-refractivity contribution in [3.8, 4) is 5.88 Å². The monoisotopic (exact) mass is 292 g/mol. The molecule has 6 heteroatoms. The summed E-state index contributed by atoms with van der Waals surface area (Å²) < 4.78 is 11.3. The minimum Gasteiger partial charge on any atom is -0.475 e. The summed E-state index contributed by atoms with van der Waals surface area (Å²) in [4.78, 5) is 11.2. The Morgan fingerprint density at radius 1 is 1.48 bits per heavy atom. The van der Waals surface area contributed by atoms with E-state index in [-0.39, 0.29) is 12.1 Å². The van der Waals surface area contributed by atoms with E-state index in [0.717, 1.165) is 32.3 Å². The van der Waals surface area contributed by atoms with Gasteiger partial charge in [0.15, 0.2) is 0 Å². The van der Waals surface area contributed by atoms with Crippen LogP contribution in [0.1, 0.15) is 26.7 Å². The van der Waals surface area contributed by atoms with Crippen LogP contribution in [0.2, 0.25) is 0 Å². The van der Waals surface area contributed by atoms with Crippen molar-refractivity contribution in [1.82, 2.24) is 15.3 Å². The number of nitrogens with zero attached hydrogens (tertiary/aromatic N) is 3. The van der Waals surface area contributed by atoms with E-state index < -0.39 is 0 Å². The molecule has 1 saturated carbocycles. The molecule has 1 aliphatic heterocycles. The van der Waals surface area contributed by atoms with Gasteiger partial charge in [-0.25, -0.2) is 4.98 Å². The van der Waals surface area contributed by atoms with Crippen molar-refractivity contribution < 1.29 is 9.47 Å². The summed E-state index contributed by atoms with van der Waals surface area (Å²) >= 11 is 0. The summed E-state index contributed by atoms with van der Waals surface area (Å²) in [7, 11) is 0. The number of hydrogen-bond acceptors (Lipinski definition) is 6. The van der Waals surface area contributed by atoms with Gasteiger partial charge in [0.1, 0.15) is 0 Å². The number of rotatable bonds is 6. The normalized spacial score (nSPS) is 22.6. The second-order valence-electron chi connectivity index (χ2n) is 5.97. The number of anilines is 1. The molecule has 1 aliphatic carbocycles. The molecule has 21 heavy (non-hydrogen) atoms. The fourth-order valence-electron chi connectivity index (χ4n) is 2.46. The van der Waals surface area contributed by atoms with Crippen molar-refractivity contribution >= 4 is 5.95 Å². The summed E-state index contributed by atoms with van der Waals surface area (Å²) in [6, 6.07) is 2.79. The fraction of sp³-hybridized carbons (Fsp3) is 0.733. The summed E-state index contributed by atoms with van der Waals surface area (Å²) in [6.07, 6.45) is 4.47. The summed E-state index contributed by atoms with van der Waals surface area (Å²) in [5.41, 5.74) is 0. The molecule has 6 nitrogen and oxygen atoms in total. The predicted octanol–water partition coefficient (Wildman–Crippen LogP) is 1.22. The fourth-order valence-corrected chi connectivity index (χ4v) is 2.46. The maximum atomic E-state index is 5.66. The van der Waals surface area contributed by atoms with Crippen LogP contribution in [0, 0.1) is 0 Å². The van der Waals surface area contributed by atoms with Crippen molar-refractivity contribution in [2.24, 2.45) is 0 Å². The lowest BCUT2D eigenvalue weighted by Gasteiger charge is -2.35. The SMILES string of the molecule is CC(C)Oc1ccnc(N2CCOCC2CNC2CC2)n1. The van der Waals surface area contributed by atoms with Gasteiger partial charge in [-0.05, 0) is 26.7 Å². The Morgan fingerprint density at radius 2 is 2.33 bits per heavy atom. The van der Waals surface area contributed by atoms with Gasteiger partial charge in [0, 0.05) is 31.4 Å². The van der Waals surface area contributed by atoms with E-state index in [2.05, 4.69) is 20.2 Å². The molecule has 0 bridgehead atoms. The number of nitrogens with one attached hydrogen (secondary N) is 1. The Kier molecular flexibility index (Phi) is 4.55. The maximum Gasteiger partial charge on any atom is 0.229 e. The van der Waals surface area contributed by atoms with Gasteiger partial charge in [-0.2, -0.15) is 4.98 Å². The molecule has 1 atom stereocenters. The zero-order valence-corrected chi connectivity index (χ0v) is 12.8. The molecule has 0 aromatic carbocycles. The quantitative estimate of drug-likeness (QED) is 0.851. The third-order valence-corrected chi connectivity index (χ3v) is 3.68. The smallest absolute Gasteiger partial charge is 0.229 e. The Bertz CT molecular complexity index is 465.